The fraction of sp³-hybridized carbons (Fsp3) is 0.538. The van der Waals surface area contributed by atoms with Crippen LogP contribution in [-0.4, -0.2) is 6.54 Å². The van der Waals surface area contributed by atoms with Gasteiger partial charge in [-0.05, 0) is 37.6 Å². The summed E-state index contributed by atoms with van der Waals surface area (Å²) in [6, 6.07) is 3.64. The van der Waals surface area contributed by atoms with Crippen molar-refractivity contribution in [2.75, 3.05) is 6.54 Å². The van der Waals surface area contributed by atoms with Crippen molar-refractivity contribution in [2.45, 2.75) is 39.2 Å². The number of hydrogen-bond donors (Lipinski definition) is 1. The van der Waals surface area contributed by atoms with E-state index in [2.05, 4.69) is 12.2 Å². The predicted octanol–water partition coefficient (Wildman–Crippen LogP) is 3.81. The minimum absolute atomic E-state index is 0.0120. The minimum Gasteiger partial charge on any atom is -0.310 e. The van der Waals surface area contributed by atoms with Crippen LogP contribution >= 0.6 is 0 Å². The molecule has 0 saturated heterocycles. The zero-order valence-electron chi connectivity index (χ0n) is 9.89. The van der Waals surface area contributed by atoms with Gasteiger partial charge in [0.25, 0.3) is 0 Å². The maximum Gasteiger partial charge on any atom is 0.126 e. The normalized spacial score (nSPS) is 12.8. The first-order chi connectivity index (χ1) is 7.63. The van der Waals surface area contributed by atoms with E-state index in [0.29, 0.717) is 5.56 Å². The summed E-state index contributed by atoms with van der Waals surface area (Å²) in [7, 11) is 0. The molecule has 0 bridgehead atoms. The van der Waals surface area contributed by atoms with Crippen molar-refractivity contribution in [3.8, 4) is 0 Å². The van der Waals surface area contributed by atoms with Crippen molar-refractivity contribution in [3.05, 3.63) is 35.4 Å². The summed E-state index contributed by atoms with van der Waals surface area (Å²) in [4.78, 5) is 0. The van der Waals surface area contributed by atoms with E-state index in [1.807, 2.05) is 6.92 Å². The maximum atomic E-state index is 13.0. The molecule has 0 saturated carbocycles. The van der Waals surface area contributed by atoms with Gasteiger partial charge in [0.1, 0.15) is 11.6 Å². The number of unbranched alkanes of at least 4 members (excludes halogenated alkanes) is 2. The molecule has 0 fully saturated rings. The number of hydrogen-bond acceptors (Lipinski definition) is 1. The molecule has 1 N–H and O–H groups in total. The van der Waals surface area contributed by atoms with Crippen molar-refractivity contribution in [1.29, 1.82) is 0 Å². The second-order valence-electron chi connectivity index (χ2n) is 4.09. The quantitative estimate of drug-likeness (QED) is 0.729. The molecular formula is C13H19F2N. The second kappa shape index (κ2) is 6.59. The van der Waals surface area contributed by atoms with Gasteiger partial charge in [0.2, 0.25) is 0 Å². The monoisotopic (exact) mass is 227 g/mol. The lowest BCUT2D eigenvalue weighted by molar-refractivity contribution is 0.529. The van der Waals surface area contributed by atoms with Gasteiger partial charge in [-0.3, -0.25) is 0 Å². The average molecular weight is 227 g/mol. The van der Waals surface area contributed by atoms with Crippen molar-refractivity contribution in [3.63, 3.8) is 0 Å². The van der Waals surface area contributed by atoms with E-state index in [1.165, 1.54) is 25.0 Å². The van der Waals surface area contributed by atoms with Gasteiger partial charge in [0.15, 0.2) is 0 Å². The topological polar surface area (TPSA) is 12.0 Å². The van der Waals surface area contributed by atoms with Crippen LogP contribution in [0.25, 0.3) is 0 Å². The van der Waals surface area contributed by atoms with Gasteiger partial charge in [-0.25, -0.2) is 8.78 Å². The minimum atomic E-state index is -0.516. The molecule has 0 spiro atoms. The molecule has 1 atom stereocenters. The molecule has 0 amide bonds. The molecule has 1 nitrogen and oxygen atoms in total. The predicted molar refractivity (Wildman–Crippen MR) is 62.3 cm³/mol. The highest BCUT2D eigenvalue weighted by atomic mass is 19.1. The van der Waals surface area contributed by atoms with E-state index in [-0.39, 0.29) is 6.04 Å². The Labute approximate surface area is 95.9 Å². The molecule has 1 rings (SSSR count). The van der Waals surface area contributed by atoms with Gasteiger partial charge in [-0.15, -0.1) is 0 Å². The SMILES string of the molecule is CCCCCNC(C)c1cc(F)cc(F)c1. The molecule has 1 unspecified atom stereocenters. The number of rotatable bonds is 6. The maximum absolute atomic E-state index is 13.0. The van der Waals surface area contributed by atoms with Gasteiger partial charge in [-0.2, -0.15) is 0 Å². The fourth-order valence-corrected chi connectivity index (χ4v) is 1.64. The molecule has 3 heteroatoms. The Balaban J connectivity index is 2.48. The van der Waals surface area contributed by atoms with Crippen LogP contribution in [0.5, 0.6) is 0 Å². The van der Waals surface area contributed by atoms with Gasteiger partial charge in [0.05, 0.1) is 0 Å². The van der Waals surface area contributed by atoms with Crippen LogP contribution in [0.2, 0.25) is 0 Å². The molecule has 0 aromatic heterocycles. The van der Waals surface area contributed by atoms with Crippen LogP contribution in [0.3, 0.4) is 0 Å². The first-order valence-electron chi connectivity index (χ1n) is 5.83. The molecule has 0 aliphatic carbocycles. The summed E-state index contributed by atoms with van der Waals surface area (Å²) in [6.45, 7) is 4.94. The van der Waals surface area contributed by atoms with Gasteiger partial charge in [-0.1, -0.05) is 19.8 Å². The smallest absolute Gasteiger partial charge is 0.126 e. The van der Waals surface area contributed by atoms with E-state index in [0.717, 1.165) is 19.0 Å². The zero-order valence-corrected chi connectivity index (χ0v) is 9.89. The van der Waals surface area contributed by atoms with E-state index in [9.17, 15) is 8.78 Å². The van der Waals surface area contributed by atoms with Crippen LogP contribution in [0.15, 0.2) is 18.2 Å². The Morgan fingerprint density at radius 2 is 1.75 bits per heavy atom. The van der Waals surface area contributed by atoms with Crippen LogP contribution in [-0.2, 0) is 0 Å². The lowest BCUT2D eigenvalue weighted by Gasteiger charge is -2.14. The molecule has 16 heavy (non-hydrogen) atoms. The standard InChI is InChI=1S/C13H19F2N/c1-3-4-5-6-16-10(2)11-7-12(14)9-13(15)8-11/h7-10,16H,3-6H2,1-2H3. The summed E-state index contributed by atoms with van der Waals surface area (Å²) >= 11 is 0. The first kappa shape index (κ1) is 13.1. The summed E-state index contributed by atoms with van der Waals surface area (Å²) < 4.78 is 25.9. The number of nitrogens with one attached hydrogen (secondary N) is 1. The zero-order chi connectivity index (χ0) is 12.0. The molecule has 0 radical (unpaired) electrons. The largest absolute Gasteiger partial charge is 0.310 e. The highest BCUT2D eigenvalue weighted by Crippen LogP contribution is 2.15. The Hall–Kier alpha value is -0.960. The third-order valence-corrected chi connectivity index (χ3v) is 2.62. The highest BCUT2D eigenvalue weighted by molar-refractivity contribution is 5.20. The summed E-state index contributed by atoms with van der Waals surface area (Å²) in [5.74, 6) is -1.03. The average Bonchev–Trinajstić information content (AvgIpc) is 2.22. The Bertz CT molecular complexity index is 305. The second-order valence-corrected chi connectivity index (χ2v) is 4.09. The third-order valence-electron chi connectivity index (χ3n) is 2.62. The van der Waals surface area contributed by atoms with Gasteiger partial charge in [0, 0.05) is 12.1 Å². The summed E-state index contributed by atoms with van der Waals surface area (Å²) in [5.41, 5.74) is 0.661. The molecular weight excluding hydrogens is 208 g/mol. The Morgan fingerprint density at radius 3 is 2.31 bits per heavy atom. The fourth-order valence-electron chi connectivity index (χ4n) is 1.64. The van der Waals surface area contributed by atoms with E-state index >= 15 is 0 Å². The number of benzene rings is 1. The van der Waals surface area contributed by atoms with E-state index < -0.39 is 11.6 Å². The van der Waals surface area contributed by atoms with Crippen LogP contribution in [0, 0.1) is 11.6 Å². The molecule has 1 aromatic carbocycles. The molecule has 1 aromatic rings. The van der Waals surface area contributed by atoms with Crippen molar-refractivity contribution in [2.24, 2.45) is 0 Å². The van der Waals surface area contributed by atoms with Crippen molar-refractivity contribution in [1.82, 2.24) is 5.32 Å². The van der Waals surface area contributed by atoms with E-state index in [1.54, 1.807) is 0 Å². The lowest BCUT2D eigenvalue weighted by atomic mass is 10.1. The van der Waals surface area contributed by atoms with E-state index in [4.69, 9.17) is 0 Å². The van der Waals surface area contributed by atoms with Gasteiger partial charge >= 0.3 is 0 Å². The summed E-state index contributed by atoms with van der Waals surface area (Å²) in [6.07, 6.45) is 3.44. The van der Waals surface area contributed by atoms with Crippen molar-refractivity contribution >= 4 is 0 Å². The lowest BCUT2D eigenvalue weighted by Crippen LogP contribution is -2.20. The van der Waals surface area contributed by atoms with Crippen LogP contribution in [0.1, 0.15) is 44.7 Å². The Morgan fingerprint density at radius 1 is 1.12 bits per heavy atom. The van der Waals surface area contributed by atoms with Crippen LogP contribution in [0.4, 0.5) is 8.78 Å². The highest BCUT2D eigenvalue weighted by Gasteiger charge is 2.07. The molecule has 0 aliphatic heterocycles. The molecule has 0 aliphatic rings. The van der Waals surface area contributed by atoms with Gasteiger partial charge < -0.3 is 5.32 Å². The van der Waals surface area contributed by atoms with Crippen molar-refractivity contribution < 1.29 is 8.78 Å². The molecule has 90 valence electrons. The first-order valence-corrected chi connectivity index (χ1v) is 5.83. The number of halogens is 2. The third kappa shape index (κ3) is 4.27. The Kier molecular flexibility index (Phi) is 5.39. The molecule has 0 heterocycles. The summed E-state index contributed by atoms with van der Waals surface area (Å²) in [5, 5.41) is 3.25. The van der Waals surface area contributed by atoms with Crippen LogP contribution < -0.4 is 5.32 Å².